The average Bonchev–Trinajstić information content (AvgIpc) is 2.38. The molecule has 1 amide bonds. The van der Waals surface area contributed by atoms with Gasteiger partial charge in [0.15, 0.2) is 0 Å². The van der Waals surface area contributed by atoms with Crippen LogP contribution in [0.2, 0.25) is 5.02 Å². The van der Waals surface area contributed by atoms with Gasteiger partial charge in [0.2, 0.25) is 5.91 Å². The van der Waals surface area contributed by atoms with Gasteiger partial charge in [-0.15, -0.1) is 0 Å². The molecule has 2 aromatic carbocycles. The van der Waals surface area contributed by atoms with Crippen LogP contribution in [0.25, 0.3) is 11.1 Å². The molecule has 0 aliphatic carbocycles. The Morgan fingerprint density at radius 2 is 1.72 bits per heavy atom. The minimum Gasteiger partial charge on any atom is -0.497 e. The normalized spacial score (nSPS) is 10.1. The third kappa shape index (κ3) is 2.46. The van der Waals surface area contributed by atoms with E-state index in [2.05, 4.69) is 0 Å². The molecule has 0 bridgehead atoms. The van der Waals surface area contributed by atoms with E-state index in [1.54, 1.807) is 19.2 Å². The van der Waals surface area contributed by atoms with Crippen molar-refractivity contribution < 1.29 is 9.53 Å². The zero-order valence-electron chi connectivity index (χ0n) is 9.81. The standard InChI is InChI=1S/C14H12ClNO2/c1-18-11-5-2-9(3-6-11)10-4-7-12(14(16)17)13(15)8-10/h2-8H,1H3,(H2,16,17). The second kappa shape index (κ2) is 5.10. The molecule has 0 atom stereocenters. The van der Waals surface area contributed by atoms with E-state index < -0.39 is 5.91 Å². The highest BCUT2D eigenvalue weighted by atomic mass is 35.5. The number of hydrogen-bond acceptors (Lipinski definition) is 2. The molecule has 0 saturated heterocycles. The quantitative estimate of drug-likeness (QED) is 0.923. The molecule has 4 heteroatoms. The van der Waals surface area contributed by atoms with Crippen molar-refractivity contribution >= 4 is 17.5 Å². The minimum atomic E-state index is -0.527. The average molecular weight is 262 g/mol. The lowest BCUT2D eigenvalue weighted by molar-refractivity contribution is 0.100. The Labute approximate surface area is 110 Å². The molecule has 2 N–H and O–H groups in total. The molecule has 2 aromatic rings. The van der Waals surface area contributed by atoms with Gasteiger partial charge in [0.1, 0.15) is 5.75 Å². The van der Waals surface area contributed by atoms with Crippen LogP contribution in [-0.4, -0.2) is 13.0 Å². The molecule has 3 nitrogen and oxygen atoms in total. The van der Waals surface area contributed by atoms with Crippen LogP contribution in [0.15, 0.2) is 42.5 Å². The van der Waals surface area contributed by atoms with Crippen LogP contribution in [-0.2, 0) is 0 Å². The SMILES string of the molecule is COc1ccc(-c2ccc(C(N)=O)c(Cl)c2)cc1. The Morgan fingerprint density at radius 1 is 1.11 bits per heavy atom. The molecule has 0 saturated carbocycles. The summed E-state index contributed by atoms with van der Waals surface area (Å²) in [5.41, 5.74) is 7.45. The van der Waals surface area contributed by atoms with Gasteiger partial charge < -0.3 is 10.5 Å². The Hall–Kier alpha value is -2.00. The van der Waals surface area contributed by atoms with Crippen molar-refractivity contribution in [1.82, 2.24) is 0 Å². The molecule has 0 aliphatic heterocycles. The van der Waals surface area contributed by atoms with E-state index in [0.29, 0.717) is 10.6 Å². The Kier molecular flexibility index (Phi) is 3.53. The smallest absolute Gasteiger partial charge is 0.250 e. The maximum absolute atomic E-state index is 11.1. The molecule has 18 heavy (non-hydrogen) atoms. The van der Waals surface area contributed by atoms with Gasteiger partial charge in [-0.05, 0) is 35.4 Å². The van der Waals surface area contributed by atoms with Gasteiger partial charge in [-0.3, -0.25) is 4.79 Å². The van der Waals surface area contributed by atoms with Crippen molar-refractivity contribution in [3.05, 3.63) is 53.1 Å². The highest BCUT2D eigenvalue weighted by Crippen LogP contribution is 2.26. The van der Waals surface area contributed by atoms with E-state index in [0.717, 1.165) is 16.9 Å². The number of carbonyl (C=O) groups excluding carboxylic acids is 1. The summed E-state index contributed by atoms with van der Waals surface area (Å²) < 4.78 is 5.09. The molecular weight excluding hydrogens is 250 g/mol. The van der Waals surface area contributed by atoms with Crippen LogP contribution in [0.1, 0.15) is 10.4 Å². The van der Waals surface area contributed by atoms with E-state index in [-0.39, 0.29) is 0 Å². The summed E-state index contributed by atoms with van der Waals surface area (Å²) in [6.07, 6.45) is 0. The van der Waals surface area contributed by atoms with Gasteiger partial charge in [0, 0.05) is 0 Å². The minimum absolute atomic E-state index is 0.328. The summed E-state index contributed by atoms with van der Waals surface area (Å²) in [4.78, 5) is 11.1. The maximum atomic E-state index is 11.1. The predicted molar refractivity (Wildman–Crippen MR) is 72.0 cm³/mol. The molecule has 0 aromatic heterocycles. The number of methoxy groups -OCH3 is 1. The number of ether oxygens (including phenoxy) is 1. The van der Waals surface area contributed by atoms with Crippen LogP contribution in [0.5, 0.6) is 5.75 Å². The number of benzene rings is 2. The number of amides is 1. The first-order valence-electron chi connectivity index (χ1n) is 5.35. The van der Waals surface area contributed by atoms with Crippen molar-refractivity contribution in [2.75, 3.05) is 7.11 Å². The van der Waals surface area contributed by atoms with Gasteiger partial charge in [-0.2, -0.15) is 0 Å². The summed E-state index contributed by atoms with van der Waals surface area (Å²) in [6.45, 7) is 0. The molecule has 0 spiro atoms. The molecule has 2 rings (SSSR count). The third-order valence-corrected chi connectivity index (χ3v) is 2.97. The van der Waals surface area contributed by atoms with Gasteiger partial charge in [-0.1, -0.05) is 29.8 Å². The van der Waals surface area contributed by atoms with Crippen molar-refractivity contribution in [2.45, 2.75) is 0 Å². The first-order valence-corrected chi connectivity index (χ1v) is 5.73. The second-order valence-electron chi connectivity index (χ2n) is 3.79. The lowest BCUT2D eigenvalue weighted by atomic mass is 10.0. The summed E-state index contributed by atoms with van der Waals surface area (Å²) in [5.74, 6) is 0.264. The predicted octanol–water partition coefficient (Wildman–Crippen LogP) is 3.11. The fourth-order valence-electron chi connectivity index (χ4n) is 1.68. The first kappa shape index (κ1) is 12.5. The monoisotopic (exact) mass is 261 g/mol. The zero-order chi connectivity index (χ0) is 13.1. The molecule has 0 heterocycles. The van der Waals surface area contributed by atoms with Gasteiger partial charge in [0.05, 0.1) is 17.7 Å². The maximum Gasteiger partial charge on any atom is 0.250 e. The molecule has 0 fully saturated rings. The van der Waals surface area contributed by atoms with Crippen LogP contribution >= 0.6 is 11.6 Å². The highest BCUT2D eigenvalue weighted by Gasteiger charge is 2.08. The van der Waals surface area contributed by atoms with E-state index in [1.807, 2.05) is 30.3 Å². The third-order valence-electron chi connectivity index (χ3n) is 2.66. The summed E-state index contributed by atoms with van der Waals surface area (Å²) in [7, 11) is 1.62. The summed E-state index contributed by atoms with van der Waals surface area (Å²) in [6, 6.07) is 12.8. The zero-order valence-corrected chi connectivity index (χ0v) is 10.6. The second-order valence-corrected chi connectivity index (χ2v) is 4.19. The van der Waals surface area contributed by atoms with Gasteiger partial charge in [-0.25, -0.2) is 0 Å². The molecule has 0 aliphatic rings. The molecule has 0 unspecified atom stereocenters. The van der Waals surface area contributed by atoms with Crippen LogP contribution in [0, 0.1) is 0 Å². The summed E-state index contributed by atoms with van der Waals surface area (Å²) >= 11 is 6.01. The number of hydrogen-bond donors (Lipinski definition) is 1. The Balaban J connectivity index is 2.39. The summed E-state index contributed by atoms with van der Waals surface area (Å²) in [5, 5.41) is 0.357. The topological polar surface area (TPSA) is 52.3 Å². The van der Waals surface area contributed by atoms with Crippen molar-refractivity contribution in [3.8, 4) is 16.9 Å². The van der Waals surface area contributed by atoms with E-state index in [9.17, 15) is 4.79 Å². The van der Waals surface area contributed by atoms with Gasteiger partial charge >= 0.3 is 0 Å². The van der Waals surface area contributed by atoms with Crippen molar-refractivity contribution in [3.63, 3.8) is 0 Å². The van der Waals surface area contributed by atoms with Crippen molar-refractivity contribution in [2.24, 2.45) is 5.73 Å². The molecular formula is C14H12ClNO2. The fraction of sp³-hybridized carbons (Fsp3) is 0.0714. The Morgan fingerprint density at radius 3 is 2.22 bits per heavy atom. The van der Waals surface area contributed by atoms with Crippen LogP contribution in [0.4, 0.5) is 0 Å². The molecule has 0 radical (unpaired) electrons. The fourth-order valence-corrected chi connectivity index (χ4v) is 1.95. The van der Waals surface area contributed by atoms with Gasteiger partial charge in [0.25, 0.3) is 0 Å². The molecule has 92 valence electrons. The number of nitrogens with two attached hydrogens (primary N) is 1. The van der Waals surface area contributed by atoms with Crippen LogP contribution < -0.4 is 10.5 Å². The first-order chi connectivity index (χ1) is 8.61. The number of primary amides is 1. The number of halogens is 1. The van der Waals surface area contributed by atoms with Crippen LogP contribution in [0.3, 0.4) is 0 Å². The Bertz CT molecular complexity index is 579. The number of rotatable bonds is 3. The highest BCUT2D eigenvalue weighted by molar-refractivity contribution is 6.34. The van der Waals surface area contributed by atoms with Crippen molar-refractivity contribution in [1.29, 1.82) is 0 Å². The van der Waals surface area contributed by atoms with E-state index in [1.165, 1.54) is 0 Å². The van der Waals surface area contributed by atoms with E-state index in [4.69, 9.17) is 22.1 Å². The largest absolute Gasteiger partial charge is 0.497 e. The number of carbonyl (C=O) groups is 1. The lowest BCUT2D eigenvalue weighted by Gasteiger charge is -2.06. The lowest BCUT2D eigenvalue weighted by Crippen LogP contribution is -2.11. The van der Waals surface area contributed by atoms with E-state index >= 15 is 0 Å².